The second kappa shape index (κ2) is 10.4. The van der Waals surface area contributed by atoms with Crippen molar-refractivity contribution in [3.63, 3.8) is 0 Å². The maximum Gasteiger partial charge on any atom is 0.290 e. The van der Waals surface area contributed by atoms with Crippen molar-refractivity contribution in [2.75, 3.05) is 0 Å². The average Bonchev–Trinajstić information content (AvgIpc) is 0.918. The fraction of sp³-hybridized carbons (Fsp3) is 0. The number of hydrogen-bond acceptors (Lipinski definition) is 1. The van der Waals surface area contributed by atoms with Gasteiger partial charge in [-0.25, -0.2) is 0 Å². The van der Waals surface area contributed by atoms with E-state index >= 15 is 0 Å². The zero-order valence-electron chi connectivity index (χ0n) is 1.88. The molecule has 0 fully saturated rings. The van der Waals surface area contributed by atoms with Gasteiger partial charge in [-0.1, -0.05) is 0 Å². The Morgan fingerprint density at radius 1 is 1.75 bits per heavy atom. The zero-order chi connectivity index (χ0) is 2.71. The number of carbonyl (C=O) groups is 1. The molecule has 0 spiro atoms. The van der Waals surface area contributed by atoms with E-state index in [0.717, 1.165) is 0 Å². The molecule has 0 aliphatic carbocycles. The van der Waals surface area contributed by atoms with Crippen molar-refractivity contribution in [3.8, 4) is 0 Å². The third kappa shape index (κ3) is 45.7. The molecule has 0 atom stereocenters. The summed E-state index contributed by atoms with van der Waals surface area (Å²) in [7, 11) is 0. The first-order valence-corrected chi connectivity index (χ1v) is 0.494. The van der Waals surface area contributed by atoms with Crippen LogP contribution in [-0.4, -0.2) is 36.0 Å². The summed E-state index contributed by atoms with van der Waals surface area (Å²) in [6, 6.07) is 0. The van der Waals surface area contributed by atoms with E-state index in [1.807, 2.05) is 0 Å². The van der Waals surface area contributed by atoms with Gasteiger partial charge in [-0.2, -0.15) is 0 Å². The molecule has 0 saturated carbocycles. The fourth-order valence-electron chi connectivity index (χ4n) is 0. The number of carboxylic acid groups (broad SMARTS) is 1. The van der Waals surface area contributed by atoms with E-state index < -0.39 is 0 Å². The second-order valence-corrected chi connectivity index (χ2v) is 0.105. The summed E-state index contributed by atoms with van der Waals surface area (Å²) in [5.74, 6) is 0. The van der Waals surface area contributed by atoms with Crippen LogP contribution in [-0.2, 0) is 4.79 Å². The van der Waals surface area contributed by atoms with Crippen LogP contribution in [0.15, 0.2) is 0 Å². The summed E-state index contributed by atoms with van der Waals surface area (Å²) in [5.41, 5.74) is 0. The Hall–Kier alpha value is 0.288. The van der Waals surface area contributed by atoms with Gasteiger partial charge < -0.3 is 5.11 Å². The Bertz CT molecular complexity index is 13.5. The van der Waals surface area contributed by atoms with Gasteiger partial charge >= 0.3 is 0 Å². The zero-order valence-corrected chi connectivity index (χ0v) is 4.43. The molecule has 0 bridgehead atoms. The first-order valence-electron chi connectivity index (χ1n) is 0.494. The van der Waals surface area contributed by atoms with Crippen molar-refractivity contribution in [3.05, 3.63) is 0 Å². The van der Waals surface area contributed by atoms with Gasteiger partial charge in [0, 0.05) is 24.4 Å². The van der Waals surface area contributed by atoms with E-state index in [1.165, 1.54) is 0 Å². The van der Waals surface area contributed by atoms with E-state index in [9.17, 15) is 0 Å². The molecule has 3 heteroatoms. The van der Waals surface area contributed by atoms with Gasteiger partial charge in [-0.15, -0.1) is 0 Å². The molecule has 0 aliphatic heterocycles. The minimum absolute atomic E-state index is 0. The minimum Gasteiger partial charge on any atom is -0.483 e. The largest absolute Gasteiger partial charge is 0.483 e. The molecule has 3 radical (unpaired) electrons. The van der Waals surface area contributed by atoms with Gasteiger partial charge in [0.25, 0.3) is 6.47 Å². The summed E-state index contributed by atoms with van der Waals surface area (Å²) in [6.07, 6.45) is 0. The van der Waals surface area contributed by atoms with Gasteiger partial charge in [0.15, 0.2) is 0 Å². The van der Waals surface area contributed by atoms with Gasteiger partial charge in [-0.3, -0.25) is 4.79 Å². The molecule has 0 unspecified atom stereocenters. The molecule has 0 aromatic heterocycles. The molecule has 23 valence electrons. The number of hydrogen-bond donors (Lipinski definition) is 1. The quantitative estimate of drug-likeness (QED) is 0.384. The third-order valence-electron chi connectivity index (χ3n) is 0. The summed E-state index contributed by atoms with van der Waals surface area (Å²) in [5, 5.41) is 6.89. The van der Waals surface area contributed by atoms with Crippen LogP contribution in [0.25, 0.3) is 0 Å². The summed E-state index contributed by atoms with van der Waals surface area (Å²) >= 11 is 0. The first kappa shape index (κ1) is 8.86. The predicted octanol–water partition coefficient (Wildman–Crippen LogP) is -0.680. The molecule has 0 aliphatic rings. The van der Waals surface area contributed by atoms with Crippen molar-refractivity contribution < 1.29 is 9.90 Å². The molecule has 1 N–H and O–H groups in total. The molecule has 4 heavy (non-hydrogen) atoms. The maximum atomic E-state index is 8.36. The summed E-state index contributed by atoms with van der Waals surface area (Å²) in [6.45, 7) is -0.250. The van der Waals surface area contributed by atoms with Crippen LogP contribution in [0, 0.1) is 0 Å². The van der Waals surface area contributed by atoms with E-state index in [0.29, 0.717) is 0 Å². The Morgan fingerprint density at radius 2 is 1.75 bits per heavy atom. The van der Waals surface area contributed by atoms with Gasteiger partial charge in [0.05, 0.1) is 0 Å². The van der Waals surface area contributed by atoms with Crippen molar-refractivity contribution >= 4 is 30.9 Å². The van der Waals surface area contributed by atoms with Crippen LogP contribution in [0.1, 0.15) is 0 Å². The molecule has 0 heterocycles. The van der Waals surface area contributed by atoms with Gasteiger partial charge in [0.2, 0.25) is 0 Å². The minimum atomic E-state index is -0.250. The van der Waals surface area contributed by atoms with Crippen molar-refractivity contribution in [2.45, 2.75) is 0 Å². The van der Waals surface area contributed by atoms with Crippen molar-refractivity contribution in [1.82, 2.24) is 0 Å². The fourth-order valence-corrected chi connectivity index (χ4v) is 0. The Balaban J connectivity index is 0. The summed E-state index contributed by atoms with van der Waals surface area (Å²) in [4.78, 5) is 8.36. The third-order valence-corrected chi connectivity index (χ3v) is 0. The molecule has 0 saturated heterocycles. The van der Waals surface area contributed by atoms with Crippen LogP contribution in [0.4, 0.5) is 0 Å². The molecule has 0 aromatic carbocycles. The van der Waals surface area contributed by atoms with Crippen LogP contribution >= 0.6 is 0 Å². The Morgan fingerprint density at radius 3 is 1.75 bits per heavy atom. The van der Waals surface area contributed by atoms with E-state index in [4.69, 9.17) is 9.90 Å². The van der Waals surface area contributed by atoms with Gasteiger partial charge in [-0.05, 0) is 0 Å². The molecule has 0 amide bonds. The standard InChI is InChI=1S/CH2O2.Sb/c2-1-3;/h1H,(H,2,3);. The normalized spacial score (nSPS) is 3.00. The molecule has 0 aromatic rings. The van der Waals surface area contributed by atoms with Crippen LogP contribution in [0.2, 0.25) is 0 Å². The van der Waals surface area contributed by atoms with E-state index in [2.05, 4.69) is 0 Å². The van der Waals surface area contributed by atoms with Crippen LogP contribution < -0.4 is 0 Å². The predicted molar refractivity (Wildman–Crippen MR) is 14.4 cm³/mol. The van der Waals surface area contributed by atoms with Gasteiger partial charge in [0.1, 0.15) is 0 Å². The van der Waals surface area contributed by atoms with Crippen LogP contribution in [0.5, 0.6) is 0 Å². The SMILES string of the molecule is O=CO.[Sb]. The van der Waals surface area contributed by atoms with Crippen LogP contribution in [0.3, 0.4) is 0 Å². The molecular weight excluding hydrogens is 166 g/mol. The smallest absolute Gasteiger partial charge is 0.290 e. The number of rotatable bonds is 0. The first-order chi connectivity index (χ1) is 1.41. The Kier molecular flexibility index (Phi) is 23.0. The maximum absolute atomic E-state index is 8.36. The molecular formula is CH2O2Sb. The van der Waals surface area contributed by atoms with Crippen molar-refractivity contribution in [2.24, 2.45) is 0 Å². The summed E-state index contributed by atoms with van der Waals surface area (Å²) < 4.78 is 0. The van der Waals surface area contributed by atoms with E-state index in [-0.39, 0.29) is 30.9 Å². The molecule has 0 rings (SSSR count). The Labute approximate surface area is 41.3 Å². The second-order valence-electron chi connectivity index (χ2n) is 0.105. The molecule has 2 nitrogen and oxygen atoms in total. The average molecular weight is 168 g/mol. The monoisotopic (exact) mass is 167 g/mol. The van der Waals surface area contributed by atoms with E-state index in [1.54, 1.807) is 0 Å². The topological polar surface area (TPSA) is 37.3 Å². The van der Waals surface area contributed by atoms with Crippen molar-refractivity contribution in [1.29, 1.82) is 0 Å².